The fourth-order valence-electron chi connectivity index (χ4n) is 2.47. The molecule has 2 aromatic carbocycles. The molecule has 6 heteroatoms. The van der Waals surface area contributed by atoms with Gasteiger partial charge in [0.15, 0.2) is 0 Å². The Morgan fingerprint density at radius 3 is 2.69 bits per heavy atom. The summed E-state index contributed by atoms with van der Waals surface area (Å²) in [6.45, 7) is 0.483. The van der Waals surface area contributed by atoms with Crippen molar-refractivity contribution < 1.29 is 18.3 Å². The van der Waals surface area contributed by atoms with E-state index in [4.69, 9.17) is 4.74 Å². The highest BCUT2D eigenvalue weighted by Gasteiger charge is 2.15. The van der Waals surface area contributed by atoms with Gasteiger partial charge in [0.2, 0.25) is 0 Å². The van der Waals surface area contributed by atoms with E-state index in [1.165, 1.54) is 17.0 Å². The van der Waals surface area contributed by atoms with Crippen LogP contribution < -0.4 is 4.74 Å². The maximum absolute atomic E-state index is 13.8. The second-order valence-electron chi connectivity index (χ2n) is 5.79. The largest absolute Gasteiger partial charge is 0.488 e. The van der Waals surface area contributed by atoms with Gasteiger partial charge in [-0.1, -0.05) is 18.2 Å². The van der Waals surface area contributed by atoms with Crippen molar-refractivity contribution in [3.8, 4) is 5.75 Å². The van der Waals surface area contributed by atoms with Crippen LogP contribution in [0.1, 0.15) is 20.8 Å². The molecule has 134 valence electrons. The predicted octanol–water partition coefficient (Wildman–Crippen LogP) is 4.88. The van der Waals surface area contributed by atoms with Crippen molar-refractivity contribution in [2.45, 2.75) is 13.2 Å². The number of amides is 1. The number of halogens is 2. The molecule has 0 atom stereocenters. The molecule has 3 rings (SSSR count). The average molecular weight is 373 g/mol. The van der Waals surface area contributed by atoms with E-state index in [1.54, 1.807) is 42.6 Å². The first-order valence-corrected chi connectivity index (χ1v) is 8.85. The number of thiophene rings is 1. The van der Waals surface area contributed by atoms with Crippen LogP contribution in [-0.4, -0.2) is 17.9 Å². The van der Waals surface area contributed by atoms with Crippen molar-refractivity contribution in [3.05, 3.63) is 87.6 Å². The average Bonchev–Trinajstić information content (AvgIpc) is 3.15. The number of rotatable bonds is 6. The van der Waals surface area contributed by atoms with Crippen LogP contribution in [0.15, 0.2) is 60.0 Å². The minimum atomic E-state index is -0.669. The highest BCUT2D eigenvalue weighted by molar-refractivity contribution is 7.09. The number of hydrogen-bond donors (Lipinski definition) is 0. The fourth-order valence-corrected chi connectivity index (χ4v) is 3.08. The molecule has 0 bridgehead atoms. The van der Waals surface area contributed by atoms with Gasteiger partial charge in [-0.2, -0.15) is 0 Å². The number of carbonyl (C=O) groups excluding carboxylic acids is 1. The van der Waals surface area contributed by atoms with E-state index in [0.717, 1.165) is 10.9 Å². The molecule has 26 heavy (non-hydrogen) atoms. The van der Waals surface area contributed by atoms with Crippen LogP contribution in [0.4, 0.5) is 8.78 Å². The van der Waals surface area contributed by atoms with Gasteiger partial charge in [-0.15, -0.1) is 11.3 Å². The molecular formula is C20H17F2NO2S. The summed E-state index contributed by atoms with van der Waals surface area (Å²) in [5, 5.41) is 1.97. The van der Waals surface area contributed by atoms with Gasteiger partial charge in [0.05, 0.1) is 0 Å². The first-order valence-electron chi connectivity index (χ1n) is 7.97. The molecule has 0 saturated carbocycles. The standard InChI is InChI=1S/C20H17F2NO2S/c1-23(12-15-7-8-16(21)11-19(15)22)20(24)14-4-2-5-17(10-14)25-13-18-6-3-9-26-18/h2-11H,12-13H2,1H3. The van der Waals surface area contributed by atoms with E-state index in [1.807, 2.05) is 17.5 Å². The highest BCUT2D eigenvalue weighted by atomic mass is 32.1. The van der Waals surface area contributed by atoms with Crippen molar-refractivity contribution in [3.63, 3.8) is 0 Å². The third kappa shape index (κ3) is 4.46. The third-order valence-electron chi connectivity index (χ3n) is 3.81. The number of ether oxygens (including phenoxy) is 1. The minimum Gasteiger partial charge on any atom is -0.488 e. The molecule has 1 aromatic heterocycles. The summed E-state index contributed by atoms with van der Waals surface area (Å²) < 4.78 is 32.5. The topological polar surface area (TPSA) is 29.5 Å². The summed E-state index contributed by atoms with van der Waals surface area (Å²) in [5.74, 6) is -0.991. The van der Waals surface area contributed by atoms with Crippen molar-refractivity contribution in [2.75, 3.05) is 7.05 Å². The Morgan fingerprint density at radius 2 is 1.96 bits per heavy atom. The zero-order valence-electron chi connectivity index (χ0n) is 14.1. The summed E-state index contributed by atoms with van der Waals surface area (Å²) in [7, 11) is 1.57. The Morgan fingerprint density at radius 1 is 1.12 bits per heavy atom. The van der Waals surface area contributed by atoms with Gasteiger partial charge < -0.3 is 9.64 Å². The molecule has 3 aromatic rings. The van der Waals surface area contributed by atoms with Crippen LogP contribution >= 0.6 is 11.3 Å². The second-order valence-corrected chi connectivity index (χ2v) is 6.83. The lowest BCUT2D eigenvalue weighted by molar-refractivity contribution is 0.0783. The Balaban J connectivity index is 1.67. The van der Waals surface area contributed by atoms with E-state index in [0.29, 0.717) is 17.9 Å². The minimum absolute atomic E-state index is 0.0469. The van der Waals surface area contributed by atoms with E-state index in [9.17, 15) is 13.6 Å². The van der Waals surface area contributed by atoms with Gasteiger partial charge in [-0.25, -0.2) is 8.78 Å². The molecule has 0 fully saturated rings. The first kappa shape index (κ1) is 18.1. The molecule has 0 aliphatic heterocycles. The summed E-state index contributed by atoms with van der Waals surface area (Å²) >= 11 is 1.60. The summed E-state index contributed by atoms with van der Waals surface area (Å²) in [6.07, 6.45) is 0. The molecule has 1 heterocycles. The number of hydrogen-bond acceptors (Lipinski definition) is 3. The molecule has 0 aliphatic carbocycles. The SMILES string of the molecule is CN(Cc1ccc(F)cc1F)C(=O)c1cccc(OCc2cccs2)c1. The molecule has 3 nitrogen and oxygen atoms in total. The van der Waals surface area contributed by atoms with Crippen LogP contribution in [0.5, 0.6) is 5.75 Å². The van der Waals surface area contributed by atoms with E-state index < -0.39 is 11.6 Å². The zero-order chi connectivity index (χ0) is 18.5. The molecule has 0 unspecified atom stereocenters. The summed E-state index contributed by atoms with van der Waals surface area (Å²) in [4.78, 5) is 15.1. The van der Waals surface area contributed by atoms with Crippen molar-refractivity contribution in [2.24, 2.45) is 0 Å². The summed E-state index contributed by atoms with van der Waals surface area (Å²) in [5.41, 5.74) is 0.700. The number of carbonyl (C=O) groups is 1. The number of nitrogens with zero attached hydrogens (tertiary/aromatic N) is 1. The normalized spacial score (nSPS) is 10.6. The van der Waals surface area contributed by atoms with Crippen molar-refractivity contribution >= 4 is 17.2 Å². The Labute approximate surface area is 154 Å². The number of benzene rings is 2. The third-order valence-corrected chi connectivity index (χ3v) is 4.66. The zero-order valence-corrected chi connectivity index (χ0v) is 14.9. The molecule has 1 amide bonds. The summed E-state index contributed by atoms with van der Waals surface area (Å²) in [6, 6.07) is 14.1. The van der Waals surface area contributed by atoms with Crippen LogP contribution in [0.3, 0.4) is 0 Å². The lowest BCUT2D eigenvalue weighted by atomic mass is 10.1. The van der Waals surface area contributed by atoms with Crippen LogP contribution in [-0.2, 0) is 13.2 Å². The second kappa shape index (κ2) is 8.10. The van der Waals surface area contributed by atoms with Crippen molar-refractivity contribution in [1.82, 2.24) is 4.90 Å². The van der Waals surface area contributed by atoms with Crippen LogP contribution in [0, 0.1) is 11.6 Å². The first-order chi connectivity index (χ1) is 12.5. The smallest absolute Gasteiger partial charge is 0.254 e. The van der Waals surface area contributed by atoms with E-state index >= 15 is 0 Å². The van der Waals surface area contributed by atoms with Crippen LogP contribution in [0.2, 0.25) is 0 Å². The van der Waals surface area contributed by atoms with Gasteiger partial charge >= 0.3 is 0 Å². The molecule has 0 N–H and O–H groups in total. The van der Waals surface area contributed by atoms with E-state index in [2.05, 4.69) is 0 Å². The maximum Gasteiger partial charge on any atom is 0.254 e. The molecule has 0 radical (unpaired) electrons. The van der Waals surface area contributed by atoms with Gasteiger partial charge in [0, 0.05) is 35.7 Å². The Hall–Kier alpha value is -2.73. The fraction of sp³-hybridized carbons (Fsp3) is 0.150. The van der Waals surface area contributed by atoms with E-state index in [-0.39, 0.29) is 18.0 Å². The quantitative estimate of drug-likeness (QED) is 0.616. The van der Waals surface area contributed by atoms with Crippen molar-refractivity contribution in [1.29, 1.82) is 0 Å². The van der Waals surface area contributed by atoms with Gasteiger partial charge in [-0.3, -0.25) is 4.79 Å². The van der Waals surface area contributed by atoms with Gasteiger partial charge in [0.25, 0.3) is 5.91 Å². The maximum atomic E-state index is 13.8. The molecule has 0 saturated heterocycles. The predicted molar refractivity (Wildman–Crippen MR) is 97.2 cm³/mol. The Bertz CT molecular complexity index is 897. The Kier molecular flexibility index (Phi) is 5.63. The van der Waals surface area contributed by atoms with Gasteiger partial charge in [-0.05, 0) is 35.7 Å². The molecular weight excluding hydrogens is 356 g/mol. The lowest BCUT2D eigenvalue weighted by Crippen LogP contribution is -2.26. The monoisotopic (exact) mass is 373 g/mol. The highest BCUT2D eigenvalue weighted by Crippen LogP contribution is 2.19. The lowest BCUT2D eigenvalue weighted by Gasteiger charge is -2.18. The molecule has 0 spiro atoms. The molecule has 0 aliphatic rings. The van der Waals surface area contributed by atoms with Crippen LogP contribution in [0.25, 0.3) is 0 Å². The van der Waals surface area contributed by atoms with Gasteiger partial charge in [0.1, 0.15) is 24.0 Å².